The summed E-state index contributed by atoms with van der Waals surface area (Å²) in [6, 6.07) is 0.286. The van der Waals surface area contributed by atoms with Crippen LogP contribution in [0.25, 0.3) is 0 Å². The molecule has 0 heterocycles. The molecule has 5 aliphatic rings. The summed E-state index contributed by atoms with van der Waals surface area (Å²) in [6.07, 6.45) is 17.4. The first-order chi connectivity index (χ1) is 18.5. The van der Waals surface area contributed by atoms with Crippen LogP contribution in [0.15, 0.2) is 11.6 Å². The van der Waals surface area contributed by atoms with Crippen molar-refractivity contribution in [2.75, 3.05) is 21.1 Å². The van der Waals surface area contributed by atoms with Gasteiger partial charge in [0, 0.05) is 39.5 Å². The summed E-state index contributed by atoms with van der Waals surface area (Å²) in [7, 11) is 5.68. The lowest BCUT2D eigenvalue weighted by Crippen LogP contribution is -2.50. The Morgan fingerprint density at radius 1 is 0.974 bits per heavy atom. The number of carbonyl (C=O) groups is 2. The zero-order chi connectivity index (χ0) is 28.1. The Labute approximate surface area is 238 Å². The third-order valence-electron chi connectivity index (χ3n) is 13.1. The Balaban J connectivity index is 1.15. The van der Waals surface area contributed by atoms with E-state index in [-0.39, 0.29) is 24.0 Å². The quantitative estimate of drug-likeness (QED) is 0.394. The Bertz CT molecular complexity index is 952. The van der Waals surface area contributed by atoms with Crippen molar-refractivity contribution < 1.29 is 14.7 Å². The van der Waals surface area contributed by atoms with E-state index in [0.717, 1.165) is 75.0 Å². The van der Waals surface area contributed by atoms with Crippen molar-refractivity contribution in [3.63, 3.8) is 0 Å². The van der Waals surface area contributed by atoms with E-state index in [0.29, 0.717) is 29.1 Å². The van der Waals surface area contributed by atoms with E-state index in [1.165, 1.54) is 32.1 Å². The minimum atomic E-state index is -0.129. The van der Waals surface area contributed by atoms with E-state index >= 15 is 0 Å². The molecular formula is C34H56N2O3. The highest BCUT2D eigenvalue weighted by Gasteiger charge is 2.59. The molecule has 0 aromatic carbocycles. The molecule has 0 bridgehead atoms. The molecular weight excluding hydrogens is 484 g/mol. The monoisotopic (exact) mass is 540 g/mol. The van der Waals surface area contributed by atoms with Crippen LogP contribution in [0.5, 0.6) is 0 Å². The van der Waals surface area contributed by atoms with Crippen LogP contribution >= 0.6 is 0 Å². The van der Waals surface area contributed by atoms with Crippen LogP contribution in [0.3, 0.4) is 0 Å². The van der Waals surface area contributed by atoms with Gasteiger partial charge in [-0.2, -0.15) is 0 Å². The summed E-state index contributed by atoms with van der Waals surface area (Å²) in [4.78, 5) is 29.3. The van der Waals surface area contributed by atoms with Crippen molar-refractivity contribution in [2.45, 2.75) is 123 Å². The number of amides is 2. The second-order valence-electron chi connectivity index (χ2n) is 15.1. The molecule has 0 aromatic heterocycles. The van der Waals surface area contributed by atoms with Gasteiger partial charge < -0.3 is 14.9 Å². The molecule has 0 aliphatic heterocycles. The van der Waals surface area contributed by atoms with Gasteiger partial charge in [-0.25, -0.2) is 0 Å². The Kier molecular flexibility index (Phi) is 8.32. The molecule has 0 radical (unpaired) electrons. The summed E-state index contributed by atoms with van der Waals surface area (Å²) in [5.74, 6) is 4.36. The average molecular weight is 541 g/mol. The van der Waals surface area contributed by atoms with Gasteiger partial charge >= 0.3 is 0 Å². The average Bonchev–Trinajstić information content (AvgIpc) is 3.28. The zero-order valence-electron chi connectivity index (χ0n) is 25.8. The smallest absolute Gasteiger partial charge is 0.225 e. The second-order valence-corrected chi connectivity index (χ2v) is 15.1. The van der Waals surface area contributed by atoms with Gasteiger partial charge in [-0.15, -0.1) is 0 Å². The van der Waals surface area contributed by atoms with Gasteiger partial charge in [-0.05, 0) is 124 Å². The van der Waals surface area contributed by atoms with Gasteiger partial charge in [0.1, 0.15) is 0 Å². The van der Waals surface area contributed by atoms with Crippen LogP contribution in [0.2, 0.25) is 0 Å². The molecule has 0 aromatic rings. The fraction of sp³-hybridized carbons (Fsp3) is 0.882. The fourth-order valence-electron chi connectivity index (χ4n) is 10.6. The zero-order valence-corrected chi connectivity index (χ0v) is 25.8. The van der Waals surface area contributed by atoms with Crippen LogP contribution < -0.4 is 0 Å². The highest BCUT2D eigenvalue weighted by Crippen LogP contribution is 2.67. The Hall–Kier alpha value is -1.36. The van der Waals surface area contributed by atoms with Crippen LogP contribution in [-0.2, 0) is 9.59 Å². The highest BCUT2D eigenvalue weighted by molar-refractivity contribution is 5.78. The molecule has 2 amide bonds. The molecule has 5 heteroatoms. The van der Waals surface area contributed by atoms with Crippen molar-refractivity contribution in [3.05, 3.63) is 11.6 Å². The van der Waals surface area contributed by atoms with E-state index in [9.17, 15) is 14.7 Å². The van der Waals surface area contributed by atoms with Gasteiger partial charge in [0.2, 0.25) is 11.8 Å². The largest absolute Gasteiger partial charge is 0.393 e. The first-order valence-electron chi connectivity index (χ1n) is 16.3. The minimum absolute atomic E-state index is 0.129. The molecule has 4 saturated carbocycles. The first kappa shape index (κ1) is 29.1. The number of fused-ring (bicyclic) bond motifs is 5. The van der Waals surface area contributed by atoms with E-state index < -0.39 is 0 Å². The number of hydrogen-bond donors (Lipinski definition) is 1. The van der Waals surface area contributed by atoms with Gasteiger partial charge in [0.25, 0.3) is 0 Å². The second kappa shape index (κ2) is 11.1. The third-order valence-corrected chi connectivity index (χ3v) is 13.1. The van der Waals surface area contributed by atoms with Crippen molar-refractivity contribution >= 4 is 11.8 Å². The molecule has 0 unspecified atom stereocenters. The summed E-state index contributed by atoms with van der Waals surface area (Å²) >= 11 is 0. The fourth-order valence-corrected chi connectivity index (χ4v) is 10.6. The molecule has 0 saturated heterocycles. The van der Waals surface area contributed by atoms with E-state index in [2.05, 4.69) is 26.8 Å². The predicted molar refractivity (Wildman–Crippen MR) is 157 cm³/mol. The van der Waals surface area contributed by atoms with Crippen molar-refractivity contribution in [2.24, 2.45) is 46.3 Å². The maximum Gasteiger partial charge on any atom is 0.225 e. The maximum atomic E-state index is 13.3. The summed E-state index contributed by atoms with van der Waals surface area (Å²) in [5.41, 5.74) is 2.28. The normalized spacial score (nSPS) is 42.4. The van der Waals surface area contributed by atoms with Gasteiger partial charge in [-0.1, -0.05) is 32.4 Å². The SMILES string of the molecule is C[C@H](CCC(=O)N(C)[C@H]1CC[C@H](C(=O)N(C)C)CC1)[C@H]1CC[C@H]2[C@@H]3CC=C4C[C@@H](O)CC[C@]4(C)[C@H]3CC[C@]12C. The molecule has 5 nitrogen and oxygen atoms in total. The Morgan fingerprint density at radius 2 is 1.69 bits per heavy atom. The van der Waals surface area contributed by atoms with Crippen LogP contribution in [0.4, 0.5) is 0 Å². The van der Waals surface area contributed by atoms with Gasteiger partial charge in [0.15, 0.2) is 0 Å². The number of aliphatic hydroxyl groups excluding tert-OH is 1. The highest BCUT2D eigenvalue weighted by atomic mass is 16.3. The molecule has 5 aliphatic carbocycles. The third kappa shape index (κ3) is 5.24. The van der Waals surface area contributed by atoms with E-state index in [1.807, 2.05) is 26.0 Å². The maximum absolute atomic E-state index is 13.3. The number of nitrogens with zero attached hydrogens (tertiary/aromatic N) is 2. The molecule has 5 rings (SSSR count). The van der Waals surface area contributed by atoms with Crippen LogP contribution in [0, 0.1) is 46.3 Å². The first-order valence-corrected chi connectivity index (χ1v) is 16.3. The lowest BCUT2D eigenvalue weighted by molar-refractivity contribution is -0.136. The van der Waals surface area contributed by atoms with Crippen molar-refractivity contribution in [1.29, 1.82) is 0 Å². The number of hydrogen-bond acceptors (Lipinski definition) is 3. The van der Waals surface area contributed by atoms with Gasteiger partial charge in [-0.3, -0.25) is 9.59 Å². The van der Waals surface area contributed by atoms with E-state index in [1.54, 1.807) is 10.5 Å². The topological polar surface area (TPSA) is 60.9 Å². The van der Waals surface area contributed by atoms with Crippen LogP contribution in [0.1, 0.15) is 111 Å². The van der Waals surface area contributed by atoms with Gasteiger partial charge in [0.05, 0.1) is 6.10 Å². The molecule has 220 valence electrons. The molecule has 4 fully saturated rings. The number of allylic oxidation sites excluding steroid dienone is 1. The molecule has 8 atom stereocenters. The van der Waals surface area contributed by atoms with Crippen molar-refractivity contribution in [1.82, 2.24) is 9.80 Å². The lowest BCUT2D eigenvalue weighted by atomic mass is 9.47. The number of aliphatic hydroxyl groups is 1. The van der Waals surface area contributed by atoms with Crippen LogP contribution in [-0.4, -0.2) is 60.0 Å². The standard InChI is InChI=1S/C34H56N2O3/c1-22(7-16-31(38)36(6)25-11-8-23(9-12-25)32(39)35(4)5)28-14-15-29-27-13-10-24-21-26(37)17-19-33(24,2)30(27)18-20-34(28,29)3/h10,22-23,25-30,37H,7-9,11-21H2,1-6H3/t22-,23-,25-,26+,27+,28-,29+,30+,33+,34-/m1/s1. The van der Waals surface area contributed by atoms with Crippen molar-refractivity contribution in [3.8, 4) is 0 Å². The Morgan fingerprint density at radius 3 is 2.38 bits per heavy atom. The summed E-state index contributed by atoms with van der Waals surface area (Å²) in [6.45, 7) is 7.56. The summed E-state index contributed by atoms with van der Waals surface area (Å²) in [5, 5.41) is 10.3. The van der Waals surface area contributed by atoms with E-state index in [4.69, 9.17) is 0 Å². The summed E-state index contributed by atoms with van der Waals surface area (Å²) < 4.78 is 0. The lowest BCUT2D eigenvalue weighted by Gasteiger charge is -2.58. The predicted octanol–water partition coefficient (Wildman–Crippen LogP) is 6.45. The minimum Gasteiger partial charge on any atom is -0.393 e. The number of carbonyl (C=O) groups excluding carboxylic acids is 2. The number of rotatable bonds is 6. The molecule has 0 spiro atoms. The molecule has 1 N–H and O–H groups in total. The molecule has 39 heavy (non-hydrogen) atoms.